The predicted octanol–water partition coefficient (Wildman–Crippen LogP) is 4.71. The average molecular weight is 418 g/mol. The molecule has 0 aliphatic carbocycles. The van der Waals surface area contributed by atoms with Crippen molar-refractivity contribution >= 4 is 16.7 Å². The number of aromatic nitrogens is 6. The second kappa shape index (κ2) is 7.63. The van der Waals surface area contributed by atoms with Gasteiger partial charge in [-0.25, -0.2) is 19.2 Å². The Bertz CT molecular complexity index is 1510. The van der Waals surface area contributed by atoms with Crippen molar-refractivity contribution in [3.8, 4) is 22.6 Å². The van der Waals surface area contributed by atoms with Crippen LogP contribution in [0.3, 0.4) is 0 Å². The van der Waals surface area contributed by atoms with Crippen LogP contribution in [0.4, 0.5) is 0 Å². The van der Waals surface area contributed by atoms with E-state index < -0.39 is 0 Å². The van der Waals surface area contributed by atoms with Gasteiger partial charge in [0.2, 0.25) is 0 Å². The summed E-state index contributed by atoms with van der Waals surface area (Å²) in [6, 6.07) is 28.2. The SMILES string of the molecule is c1ccc(-c2ccc(OCc3nc4c5cnn(-c6ccccc6)c5ncn4n3)cc2)cc1. The lowest BCUT2D eigenvalue weighted by Crippen LogP contribution is -1.99. The maximum absolute atomic E-state index is 5.92. The Kier molecular flexibility index (Phi) is 4.35. The number of hydrogen-bond donors (Lipinski definition) is 0. The van der Waals surface area contributed by atoms with Gasteiger partial charge in [0.05, 0.1) is 17.3 Å². The molecule has 7 nitrogen and oxygen atoms in total. The normalized spacial score (nSPS) is 11.2. The van der Waals surface area contributed by atoms with Crippen molar-refractivity contribution < 1.29 is 4.74 Å². The van der Waals surface area contributed by atoms with Crippen LogP contribution in [-0.2, 0) is 6.61 Å². The van der Waals surface area contributed by atoms with Crippen LogP contribution >= 0.6 is 0 Å². The highest BCUT2D eigenvalue weighted by atomic mass is 16.5. The van der Waals surface area contributed by atoms with Crippen molar-refractivity contribution in [1.29, 1.82) is 0 Å². The molecule has 0 amide bonds. The van der Waals surface area contributed by atoms with Crippen LogP contribution in [0.25, 0.3) is 33.5 Å². The van der Waals surface area contributed by atoms with Crippen molar-refractivity contribution in [3.63, 3.8) is 0 Å². The minimum absolute atomic E-state index is 0.265. The van der Waals surface area contributed by atoms with E-state index >= 15 is 0 Å². The number of benzene rings is 3. The summed E-state index contributed by atoms with van der Waals surface area (Å²) in [5.41, 5.74) is 4.71. The van der Waals surface area contributed by atoms with E-state index in [0.29, 0.717) is 11.5 Å². The van der Waals surface area contributed by atoms with E-state index in [2.05, 4.69) is 32.3 Å². The van der Waals surface area contributed by atoms with Gasteiger partial charge in [-0.2, -0.15) is 5.10 Å². The first kappa shape index (κ1) is 18.3. The molecule has 0 N–H and O–H groups in total. The molecule has 3 aromatic heterocycles. The van der Waals surface area contributed by atoms with E-state index in [1.807, 2.05) is 72.8 Å². The molecule has 0 aliphatic heterocycles. The third kappa shape index (κ3) is 3.26. The van der Waals surface area contributed by atoms with Crippen molar-refractivity contribution in [2.75, 3.05) is 0 Å². The largest absolute Gasteiger partial charge is 0.486 e. The van der Waals surface area contributed by atoms with Gasteiger partial charge in [0.15, 0.2) is 17.1 Å². The zero-order valence-corrected chi connectivity index (χ0v) is 17.0. The van der Waals surface area contributed by atoms with Crippen LogP contribution in [0.5, 0.6) is 5.75 Å². The van der Waals surface area contributed by atoms with Crippen LogP contribution in [0.2, 0.25) is 0 Å². The Labute approximate surface area is 183 Å². The molecule has 0 fully saturated rings. The Morgan fingerprint density at radius 3 is 2.25 bits per heavy atom. The molecule has 0 bridgehead atoms. The fraction of sp³-hybridized carbons (Fsp3) is 0.0400. The maximum Gasteiger partial charge on any atom is 0.189 e. The molecule has 0 unspecified atom stereocenters. The van der Waals surface area contributed by atoms with Crippen LogP contribution in [0.15, 0.2) is 97.5 Å². The molecule has 6 aromatic rings. The van der Waals surface area contributed by atoms with Crippen molar-refractivity contribution in [3.05, 3.63) is 103 Å². The predicted molar refractivity (Wildman–Crippen MR) is 122 cm³/mol. The van der Waals surface area contributed by atoms with Gasteiger partial charge in [-0.15, -0.1) is 5.10 Å². The first-order valence-electron chi connectivity index (χ1n) is 10.3. The average Bonchev–Trinajstić information content (AvgIpc) is 3.48. The van der Waals surface area contributed by atoms with Gasteiger partial charge in [0, 0.05) is 0 Å². The fourth-order valence-corrected chi connectivity index (χ4v) is 3.71. The molecule has 0 aliphatic rings. The topological polar surface area (TPSA) is 70.1 Å². The molecule has 0 saturated heterocycles. The van der Waals surface area contributed by atoms with E-state index in [0.717, 1.165) is 28.0 Å². The molecule has 6 rings (SSSR count). The Balaban J connectivity index is 1.24. The summed E-state index contributed by atoms with van der Waals surface area (Å²) < 4.78 is 9.38. The van der Waals surface area contributed by atoms with Crippen molar-refractivity contribution in [1.82, 2.24) is 29.4 Å². The highest BCUT2D eigenvalue weighted by Crippen LogP contribution is 2.23. The summed E-state index contributed by atoms with van der Waals surface area (Å²) in [7, 11) is 0. The molecule has 154 valence electrons. The number of hydrogen-bond acceptors (Lipinski definition) is 5. The summed E-state index contributed by atoms with van der Waals surface area (Å²) in [6.45, 7) is 0.265. The summed E-state index contributed by atoms with van der Waals surface area (Å²) in [5.74, 6) is 1.35. The molecule has 0 saturated carbocycles. The van der Waals surface area contributed by atoms with Gasteiger partial charge in [0.25, 0.3) is 0 Å². The third-order valence-corrected chi connectivity index (χ3v) is 5.28. The smallest absolute Gasteiger partial charge is 0.189 e. The third-order valence-electron chi connectivity index (χ3n) is 5.28. The fourth-order valence-electron chi connectivity index (χ4n) is 3.71. The summed E-state index contributed by atoms with van der Waals surface area (Å²) in [5, 5.41) is 9.84. The Morgan fingerprint density at radius 1 is 0.750 bits per heavy atom. The lowest BCUT2D eigenvalue weighted by Gasteiger charge is -2.05. The zero-order valence-electron chi connectivity index (χ0n) is 17.0. The lowest BCUT2D eigenvalue weighted by molar-refractivity contribution is 0.296. The Morgan fingerprint density at radius 2 is 1.47 bits per heavy atom. The summed E-state index contributed by atoms with van der Waals surface area (Å²) in [6.07, 6.45) is 3.43. The zero-order chi connectivity index (χ0) is 21.3. The quantitative estimate of drug-likeness (QED) is 0.406. The molecular formula is C25H18N6O. The van der Waals surface area contributed by atoms with Crippen LogP contribution in [0, 0.1) is 0 Å². The van der Waals surface area contributed by atoms with E-state index in [9.17, 15) is 0 Å². The maximum atomic E-state index is 5.92. The van der Waals surface area contributed by atoms with E-state index in [1.54, 1.807) is 21.7 Å². The minimum atomic E-state index is 0.265. The number of fused-ring (bicyclic) bond motifs is 3. The van der Waals surface area contributed by atoms with Crippen LogP contribution in [0.1, 0.15) is 5.82 Å². The molecule has 32 heavy (non-hydrogen) atoms. The summed E-state index contributed by atoms with van der Waals surface area (Å²) >= 11 is 0. The monoisotopic (exact) mass is 418 g/mol. The van der Waals surface area contributed by atoms with E-state index in [1.165, 1.54) is 5.56 Å². The highest BCUT2D eigenvalue weighted by molar-refractivity contribution is 5.89. The number of nitrogens with zero attached hydrogens (tertiary/aromatic N) is 6. The van der Waals surface area contributed by atoms with Crippen LogP contribution in [-0.4, -0.2) is 29.4 Å². The molecule has 0 spiro atoms. The molecule has 3 aromatic carbocycles. The second-order valence-electron chi connectivity index (χ2n) is 7.35. The van der Waals surface area contributed by atoms with Gasteiger partial charge in [-0.1, -0.05) is 60.7 Å². The lowest BCUT2D eigenvalue weighted by atomic mass is 10.1. The van der Waals surface area contributed by atoms with Crippen molar-refractivity contribution in [2.45, 2.75) is 6.61 Å². The van der Waals surface area contributed by atoms with Crippen LogP contribution < -0.4 is 4.74 Å². The summed E-state index contributed by atoms with van der Waals surface area (Å²) in [4.78, 5) is 9.20. The second-order valence-corrected chi connectivity index (χ2v) is 7.35. The molecule has 7 heteroatoms. The van der Waals surface area contributed by atoms with E-state index in [4.69, 9.17) is 4.74 Å². The first-order valence-corrected chi connectivity index (χ1v) is 10.3. The molecule has 0 radical (unpaired) electrons. The first-order chi connectivity index (χ1) is 15.8. The van der Waals surface area contributed by atoms with Gasteiger partial charge in [-0.3, -0.25) is 0 Å². The van der Waals surface area contributed by atoms with Gasteiger partial charge in [0.1, 0.15) is 18.7 Å². The van der Waals surface area contributed by atoms with Gasteiger partial charge >= 0.3 is 0 Å². The molecular weight excluding hydrogens is 400 g/mol. The minimum Gasteiger partial charge on any atom is -0.486 e. The van der Waals surface area contributed by atoms with Gasteiger partial charge in [-0.05, 0) is 35.4 Å². The van der Waals surface area contributed by atoms with Crippen molar-refractivity contribution in [2.24, 2.45) is 0 Å². The molecule has 3 heterocycles. The standard InChI is InChI=1S/C25H18N6O/c1-3-7-18(8-4-1)19-11-13-21(14-12-19)32-16-23-28-25-22-15-27-31(20-9-5-2-6-10-20)24(22)26-17-30(25)29-23/h1-15,17H,16H2. The highest BCUT2D eigenvalue weighted by Gasteiger charge is 2.13. The Hall–Kier alpha value is -4.52. The number of rotatable bonds is 5. The van der Waals surface area contributed by atoms with E-state index in [-0.39, 0.29) is 6.61 Å². The number of ether oxygens (including phenoxy) is 1. The number of para-hydroxylation sites is 1. The molecule has 0 atom stereocenters. The van der Waals surface area contributed by atoms with Gasteiger partial charge < -0.3 is 4.74 Å².